The fourth-order valence-electron chi connectivity index (χ4n) is 3.84. The average molecular weight is 304 g/mol. The number of halogens is 1. The SMILES string of the molecule is Cc1c(F)cccc1C(=O)N(C1CCCCC1)[C@@H]1CCNC1. The van der Waals surface area contributed by atoms with Gasteiger partial charge in [0.2, 0.25) is 0 Å². The van der Waals surface area contributed by atoms with Gasteiger partial charge in [-0.05, 0) is 50.4 Å². The highest BCUT2D eigenvalue weighted by atomic mass is 19.1. The molecule has 120 valence electrons. The number of nitrogens with zero attached hydrogens (tertiary/aromatic N) is 1. The van der Waals surface area contributed by atoms with Crippen LogP contribution in [0.15, 0.2) is 18.2 Å². The van der Waals surface area contributed by atoms with Gasteiger partial charge in [0.05, 0.1) is 0 Å². The lowest BCUT2D eigenvalue weighted by atomic mass is 9.92. The van der Waals surface area contributed by atoms with Crippen molar-refractivity contribution in [3.63, 3.8) is 0 Å². The van der Waals surface area contributed by atoms with Gasteiger partial charge in [-0.2, -0.15) is 0 Å². The van der Waals surface area contributed by atoms with E-state index >= 15 is 0 Å². The topological polar surface area (TPSA) is 32.3 Å². The van der Waals surface area contributed by atoms with E-state index in [2.05, 4.69) is 10.2 Å². The van der Waals surface area contributed by atoms with Crippen LogP contribution < -0.4 is 5.32 Å². The van der Waals surface area contributed by atoms with Gasteiger partial charge in [-0.15, -0.1) is 0 Å². The van der Waals surface area contributed by atoms with E-state index in [1.807, 2.05) is 0 Å². The van der Waals surface area contributed by atoms with Gasteiger partial charge in [-0.3, -0.25) is 4.79 Å². The van der Waals surface area contributed by atoms with Gasteiger partial charge in [-0.25, -0.2) is 4.39 Å². The summed E-state index contributed by atoms with van der Waals surface area (Å²) in [5.74, 6) is -0.281. The lowest BCUT2D eigenvalue weighted by Gasteiger charge is -2.38. The van der Waals surface area contributed by atoms with Gasteiger partial charge >= 0.3 is 0 Å². The van der Waals surface area contributed by atoms with E-state index in [-0.39, 0.29) is 17.8 Å². The van der Waals surface area contributed by atoms with Crippen molar-refractivity contribution in [3.05, 3.63) is 35.1 Å². The van der Waals surface area contributed by atoms with Crippen LogP contribution in [0.3, 0.4) is 0 Å². The Morgan fingerprint density at radius 2 is 1.95 bits per heavy atom. The second-order valence-electron chi connectivity index (χ2n) is 6.56. The summed E-state index contributed by atoms with van der Waals surface area (Å²) in [6, 6.07) is 5.39. The second-order valence-corrected chi connectivity index (χ2v) is 6.56. The fraction of sp³-hybridized carbons (Fsp3) is 0.611. The molecular formula is C18H25FN2O. The Morgan fingerprint density at radius 1 is 1.18 bits per heavy atom. The van der Waals surface area contributed by atoms with Gasteiger partial charge < -0.3 is 10.2 Å². The van der Waals surface area contributed by atoms with Crippen molar-refractivity contribution < 1.29 is 9.18 Å². The normalized spacial score (nSPS) is 22.7. The second kappa shape index (κ2) is 6.78. The molecule has 0 bridgehead atoms. The molecule has 3 rings (SSSR count). The lowest BCUT2D eigenvalue weighted by Crippen LogP contribution is -2.49. The third-order valence-electron chi connectivity index (χ3n) is 5.13. The van der Waals surface area contributed by atoms with Crippen LogP contribution in [-0.4, -0.2) is 36.0 Å². The number of carbonyl (C=O) groups is 1. The largest absolute Gasteiger partial charge is 0.331 e. The highest BCUT2D eigenvalue weighted by molar-refractivity contribution is 5.96. The van der Waals surface area contributed by atoms with Crippen molar-refractivity contribution in [2.24, 2.45) is 0 Å². The minimum absolute atomic E-state index is 0.0117. The Balaban J connectivity index is 1.90. The first-order chi connectivity index (χ1) is 10.7. The zero-order valence-electron chi connectivity index (χ0n) is 13.3. The molecule has 0 spiro atoms. The van der Waals surface area contributed by atoms with Crippen LogP contribution in [0, 0.1) is 12.7 Å². The van der Waals surface area contributed by atoms with E-state index < -0.39 is 0 Å². The summed E-state index contributed by atoms with van der Waals surface area (Å²) in [4.78, 5) is 15.2. The number of amides is 1. The van der Waals surface area contributed by atoms with Crippen LogP contribution in [0.5, 0.6) is 0 Å². The number of hydrogen-bond acceptors (Lipinski definition) is 2. The van der Waals surface area contributed by atoms with Crippen LogP contribution in [0.25, 0.3) is 0 Å². The summed E-state index contributed by atoms with van der Waals surface area (Å²) < 4.78 is 13.8. The van der Waals surface area contributed by atoms with Crippen molar-refractivity contribution in [2.45, 2.75) is 57.5 Å². The summed E-state index contributed by atoms with van der Waals surface area (Å²) in [6.45, 7) is 3.52. The van der Waals surface area contributed by atoms with Crippen LogP contribution >= 0.6 is 0 Å². The predicted octanol–water partition coefficient (Wildman–Crippen LogP) is 3.27. The van der Waals surface area contributed by atoms with E-state index in [1.54, 1.807) is 19.1 Å². The summed E-state index contributed by atoms with van der Waals surface area (Å²) in [7, 11) is 0. The molecule has 3 nitrogen and oxygen atoms in total. The first kappa shape index (κ1) is 15.5. The molecule has 4 heteroatoms. The number of benzene rings is 1. The van der Waals surface area contributed by atoms with Crippen molar-refractivity contribution in [3.8, 4) is 0 Å². The van der Waals surface area contributed by atoms with Crippen molar-refractivity contribution in [1.29, 1.82) is 0 Å². The monoisotopic (exact) mass is 304 g/mol. The Kier molecular flexibility index (Phi) is 4.77. The van der Waals surface area contributed by atoms with Crippen LogP contribution in [-0.2, 0) is 0 Å². The minimum atomic E-state index is -0.293. The van der Waals surface area contributed by atoms with E-state index in [1.165, 1.54) is 25.3 Å². The number of nitrogens with one attached hydrogen (secondary N) is 1. The molecular weight excluding hydrogens is 279 g/mol. The molecule has 0 radical (unpaired) electrons. The van der Waals surface area contributed by atoms with E-state index in [4.69, 9.17) is 0 Å². The molecule has 22 heavy (non-hydrogen) atoms. The molecule has 1 aliphatic heterocycles. The van der Waals surface area contributed by atoms with Gasteiger partial charge in [0.25, 0.3) is 5.91 Å². The Labute approximate surface area is 131 Å². The lowest BCUT2D eigenvalue weighted by molar-refractivity contribution is 0.0533. The number of rotatable bonds is 3. The molecule has 1 aromatic carbocycles. The van der Waals surface area contributed by atoms with Gasteiger partial charge in [0.1, 0.15) is 5.82 Å². The maximum atomic E-state index is 13.8. The van der Waals surface area contributed by atoms with Gasteiger partial charge in [0, 0.05) is 24.2 Å². The maximum Gasteiger partial charge on any atom is 0.254 e. The third-order valence-corrected chi connectivity index (χ3v) is 5.13. The van der Waals surface area contributed by atoms with Crippen LogP contribution in [0.4, 0.5) is 4.39 Å². The van der Waals surface area contributed by atoms with E-state index in [9.17, 15) is 9.18 Å². The summed E-state index contributed by atoms with van der Waals surface area (Å²) in [5.41, 5.74) is 0.997. The molecule has 1 atom stereocenters. The Morgan fingerprint density at radius 3 is 2.64 bits per heavy atom. The molecule has 1 amide bonds. The average Bonchev–Trinajstić information content (AvgIpc) is 3.05. The highest BCUT2D eigenvalue weighted by Crippen LogP contribution is 2.28. The number of hydrogen-bond donors (Lipinski definition) is 1. The van der Waals surface area contributed by atoms with Gasteiger partial charge in [-0.1, -0.05) is 25.3 Å². The molecule has 1 heterocycles. The molecule has 1 aliphatic carbocycles. The van der Waals surface area contributed by atoms with E-state index in [0.29, 0.717) is 17.2 Å². The molecule has 0 unspecified atom stereocenters. The van der Waals surface area contributed by atoms with Crippen LogP contribution in [0.1, 0.15) is 54.4 Å². The summed E-state index contributed by atoms with van der Waals surface area (Å²) in [5, 5.41) is 3.36. The zero-order chi connectivity index (χ0) is 15.5. The molecule has 2 aliphatic rings. The summed E-state index contributed by atoms with van der Waals surface area (Å²) in [6.07, 6.45) is 6.80. The number of carbonyl (C=O) groups excluding carboxylic acids is 1. The predicted molar refractivity (Wildman–Crippen MR) is 85.5 cm³/mol. The van der Waals surface area contributed by atoms with E-state index in [0.717, 1.165) is 32.4 Å². The summed E-state index contributed by atoms with van der Waals surface area (Å²) >= 11 is 0. The smallest absolute Gasteiger partial charge is 0.254 e. The quantitative estimate of drug-likeness (QED) is 0.929. The molecule has 0 aromatic heterocycles. The zero-order valence-corrected chi connectivity index (χ0v) is 13.3. The highest BCUT2D eigenvalue weighted by Gasteiger charge is 2.34. The maximum absolute atomic E-state index is 13.8. The molecule has 1 N–H and O–H groups in total. The molecule has 1 aromatic rings. The molecule has 1 saturated carbocycles. The Hall–Kier alpha value is -1.42. The molecule has 2 fully saturated rings. The van der Waals surface area contributed by atoms with Crippen molar-refractivity contribution >= 4 is 5.91 Å². The molecule has 1 saturated heterocycles. The van der Waals surface area contributed by atoms with Gasteiger partial charge in [0.15, 0.2) is 0 Å². The first-order valence-corrected chi connectivity index (χ1v) is 8.47. The Bertz CT molecular complexity index is 534. The third kappa shape index (κ3) is 3.02. The first-order valence-electron chi connectivity index (χ1n) is 8.47. The van der Waals surface area contributed by atoms with Crippen LogP contribution in [0.2, 0.25) is 0 Å². The standard InChI is InChI=1S/C18H25FN2O/c1-13-16(8-5-9-17(13)19)18(22)21(15-10-11-20-12-15)14-6-3-2-4-7-14/h5,8-9,14-15,20H,2-4,6-7,10-12H2,1H3/t15-/m1/s1. The van der Waals surface area contributed by atoms with Crippen molar-refractivity contribution in [1.82, 2.24) is 10.2 Å². The fourth-order valence-corrected chi connectivity index (χ4v) is 3.84. The van der Waals surface area contributed by atoms with Crippen molar-refractivity contribution in [2.75, 3.05) is 13.1 Å². The minimum Gasteiger partial charge on any atom is -0.331 e.